The molecule has 0 aliphatic heterocycles. The van der Waals surface area contributed by atoms with E-state index in [-0.39, 0.29) is 0 Å². The predicted molar refractivity (Wildman–Crippen MR) is 71.5 cm³/mol. The van der Waals surface area contributed by atoms with Crippen LogP contribution in [0.1, 0.15) is 84.0 Å². The minimum Gasteiger partial charge on any atom is -0.0622 e. The fraction of sp³-hybridized carbons (Fsp3) is 1.00. The first-order chi connectivity index (χ1) is 7.86. The molecule has 16 heavy (non-hydrogen) atoms. The molecule has 0 aromatic carbocycles. The van der Waals surface area contributed by atoms with E-state index in [0.717, 1.165) is 17.8 Å². The summed E-state index contributed by atoms with van der Waals surface area (Å²) in [5.74, 6) is 3.18. The van der Waals surface area contributed by atoms with Crippen LogP contribution in [0.25, 0.3) is 0 Å². The zero-order valence-corrected chi connectivity index (χ0v) is 11.2. The van der Waals surface area contributed by atoms with Crippen molar-refractivity contribution >= 4 is 0 Å². The molecule has 0 nitrogen and oxygen atoms in total. The van der Waals surface area contributed by atoms with Gasteiger partial charge in [-0.25, -0.2) is 0 Å². The van der Waals surface area contributed by atoms with Gasteiger partial charge in [0.15, 0.2) is 0 Å². The highest BCUT2D eigenvalue weighted by atomic mass is 14.3. The van der Waals surface area contributed by atoms with E-state index >= 15 is 0 Å². The molecule has 0 spiro atoms. The molecule has 94 valence electrons. The molecule has 0 aromatic rings. The van der Waals surface area contributed by atoms with Gasteiger partial charge < -0.3 is 0 Å². The summed E-state index contributed by atoms with van der Waals surface area (Å²) in [6, 6.07) is 0. The van der Waals surface area contributed by atoms with Crippen LogP contribution in [-0.2, 0) is 0 Å². The molecule has 2 fully saturated rings. The molecule has 2 aliphatic rings. The van der Waals surface area contributed by atoms with Gasteiger partial charge in [0.05, 0.1) is 0 Å². The van der Waals surface area contributed by atoms with Gasteiger partial charge in [0.1, 0.15) is 0 Å². The van der Waals surface area contributed by atoms with E-state index < -0.39 is 0 Å². The standard InChI is InChI=1S/C16H30/c1-14-9-5-4-8-12-16(14)13-15-10-6-2-3-7-11-15/h14-16H,2-13H2,1H3. The van der Waals surface area contributed by atoms with E-state index in [9.17, 15) is 0 Å². The van der Waals surface area contributed by atoms with Crippen LogP contribution in [0.15, 0.2) is 0 Å². The Bertz CT molecular complexity index is 176. The highest BCUT2D eigenvalue weighted by molar-refractivity contribution is 4.75. The third kappa shape index (κ3) is 3.79. The average molecular weight is 222 g/mol. The van der Waals surface area contributed by atoms with Crippen molar-refractivity contribution in [2.75, 3.05) is 0 Å². The summed E-state index contributed by atoms with van der Waals surface area (Å²) in [4.78, 5) is 0. The normalized spacial score (nSPS) is 34.3. The summed E-state index contributed by atoms with van der Waals surface area (Å²) in [6.07, 6.45) is 18.3. The number of hydrogen-bond acceptors (Lipinski definition) is 0. The van der Waals surface area contributed by atoms with Gasteiger partial charge in [-0.3, -0.25) is 0 Å². The van der Waals surface area contributed by atoms with Crippen LogP contribution in [0.5, 0.6) is 0 Å². The van der Waals surface area contributed by atoms with Crippen LogP contribution in [0.3, 0.4) is 0 Å². The molecule has 0 heteroatoms. The summed E-state index contributed by atoms with van der Waals surface area (Å²) >= 11 is 0. The lowest BCUT2D eigenvalue weighted by Gasteiger charge is -2.26. The quantitative estimate of drug-likeness (QED) is 0.536. The van der Waals surface area contributed by atoms with Gasteiger partial charge in [0.2, 0.25) is 0 Å². The van der Waals surface area contributed by atoms with Gasteiger partial charge in [-0.1, -0.05) is 77.6 Å². The predicted octanol–water partition coefficient (Wildman–Crippen LogP) is 5.56. The van der Waals surface area contributed by atoms with Crippen molar-refractivity contribution in [3.05, 3.63) is 0 Å². The fourth-order valence-electron chi connectivity index (χ4n) is 3.95. The average Bonchev–Trinajstić information content (AvgIpc) is 2.64. The molecule has 2 atom stereocenters. The van der Waals surface area contributed by atoms with Crippen LogP contribution in [0.2, 0.25) is 0 Å². The van der Waals surface area contributed by atoms with E-state index in [1.807, 2.05) is 0 Å². The Morgan fingerprint density at radius 3 is 2.00 bits per heavy atom. The van der Waals surface area contributed by atoms with Crippen LogP contribution in [0.4, 0.5) is 0 Å². The molecule has 2 saturated carbocycles. The van der Waals surface area contributed by atoms with E-state index in [1.54, 1.807) is 19.3 Å². The SMILES string of the molecule is CC1CCCCCC1CC1CCCCCC1. The lowest BCUT2D eigenvalue weighted by Crippen LogP contribution is -2.15. The van der Waals surface area contributed by atoms with E-state index in [2.05, 4.69) is 6.92 Å². The molecule has 0 bridgehead atoms. The highest BCUT2D eigenvalue weighted by Crippen LogP contribution is 2.36. The summed E-state index contributed by atoms with van der Waals surface area (Å²) < 4.78 is 0. The molecule has 0 heterocycles. The number of rotatable bonds is 2. The molecular formula is C16H30. The second-order valence-electron chi connectivity index (χ2n) is 6.47. The van der Waals surface area contributed by atoms with Crippen molar-refractivity contribution in [1.82, 2.24) is 0 Å². The van der Waals surface area contributed by atoms with Crippen LogP contribution >= 0.6 is 0 Å². The Hall–Kier alpha value is 0. The maximum atomic E-state index is 2.52. The van der Waals surface area contributed by atoms with E-state index in [4.69, 9.17) is 0 Å². The maximum absolute atomic E-state index is 2.52. The van der Waals surface area contributed by atoms with Crippen LogP contribution in [0, 0.1) is 17.8 Å². The van der Waals surface area contributed by atoms with Crippen molar-refractivity contribution in [1.29, 1.82) is 0 Å². The van der Waals surface area contributed by atoms with Crippen molar-refractivity contribution < 1.29 is 0 Å². The van der Waals surface area contributed by atoms with Gasteiger partial charge in [0, 0.05) is 0 Å². The molecule has 0 amide bonds. The largest absolute Gasteiger partial charge is 0.0622 e. The van der Waals surface area contributed by atoms with Gasteiger partial charge in [-0.2, -0.15) is 0 Å². The molecule has 0 N–H and O–H groups in total. The van der Waals surface area contributed by atoms with Gasteiger partial charge in [0.25, 0.3) is 0 Å². The van der Waals surface area contributed by atoms with Gasteiger partial charge in [-0.15, -0.1) is 0 Å². The second kappa shape index (κ2) is 6.67. The molecular weight excluding hydrogens is 192 g/mol. The molecule has 0 radical (unpaired) electrons. The minimum absolute atomic E-state index is 1.02. The Balaban J connectivity index is 1.81. The Morgan fingerprint density at radius 2 is 1.25 bits per heavy atom. The fourth-order valence-corrected chi connectivity index (χ4v) is 3.95. The first kappa shape index (κ1) is 12.5. The Kier molecular flexibility index (Phi) is 5.19. The van der Waals surface area contributed by atoms with E-state index in [0.29, 0.717) is 0 Å². The van der Waals surface area contributed by atoms with Crippen molar-refractivity contribution in [2.45, 2.75) is 84.0 Å². The summed E-state index contributed by atoms with van der Waals surface area (Å²) in [6.45, 7) is 2.52. The van der Waals surface area contributed by atoms with Crippen molar-refractivity contribution in [3.63, 3.8) is 0 Å². The molecule has 0 saturated heterocycles. The Labute approximate surface area is 102 Å². The van der Waals surface area contributed by atoms with Crippen LogP contribution < -0.4 is 0 Å². The van der Waals surface area contributed by atoms with Gasteiger partial charge in [-0.05, 0) is 24.2 Å². The maximum Gasteiger partial charge on any atom is -0.0386 e. The van der Waals surface area contributed by atoms with Gasteiger partial charge >= 0.3 is 0 Å². The monoisotopic (exact) mass is 222 g/mol. The first-order valence-corrected chi connectivity index (χ1v) is 7.86. The molecule has 2 unspecified atom stereocenters. The lowest BCUT2D eigenvalue weighted by molar-refractivity contribution is 0.253. The molecule has 2 aliphatic carbocycles. The summed E-state index contributed by atoms with van der Waals surface area (Å²) in [5, 5.41) is 0. The first-order valence-electron chi connectivity index (χ1n) is 7.86. The molecule has 2 rings (SSSR count). The second-order valence-corrected chi connectivity index (χ2v) is 6.47. The summed E-state index contributed by atoms with van der Waals surface area (Å²) in [7, 11) is 0. The van der Waals surface area contributed by atoms with E-state index in [1.165, 1.54) is 57.8 Å². The van der Waals surface area contributed by atoms with Crippen molar-refractivity contribution in [2.24, 2.45) is 17.8 Å². The highest BCUT2D eigenvalue weighted by Gasteiger charge is 2.23. The Morgan fingerprint density at radius 1 is 0.688 bits per heavy atom. The lowest BCUT2D eigenvalue weighted by atomic mass is 9.80. The zero-order valence-electron chi connectivity index (χ0n) is 11.2. The van der Waals surface area contributed by atoms with Crippen molar-refractivity contribution in [3.8, 4) is 0 Å². The molecule has 0 aromatic heterocycles. The third-order valence-corrected chi connectivity index (χ3v) is 5.15. The number of hydrogen-bond donors (Lipinski definition) is 0. The third-order valence-electron chi connectivity index (χ3n) is 5.15. The zero-order chi connectivity index (χ0) is 11.2. The minimum atomic E-state index is 1.02. The van der Waals surface area contributed by atoms with Crippen LogP contribution in [-0.4, -0.2) is 0 Å². The topological polar surface area (TPSA) is 0 Å². The summed E-state index contributed by atoms with van der Waals surface area (Å²) in [5.41, 5.74) is 0. The smallest absolute Gasteiger partial charge is 0.0386 e.